The zero-order valence-corrected chi connectivity index (χ0v) is 5.88. The molecular formula is C7H12Cl. The Labute approximate surface area is 56.2 Å². The second-order valence-corrected chi connectivity index (χ2v) is 3.51. The molecule has 1 rings (SSSR count). The summed E-state index contributed by atoms with van der Waals surface area (Å²) in [4.78, 5) is -0.0990. The first-order chi connectivity index (χ1) is 3.71. The summed E-state index contributed by atoms with van der Waals surface area (Å²) in [5.41, 5.74) is 0. The number of alkyl halides is 1. The van der Waals surface area contributed by atoms with Crippen molar-refractivity contribution < 1.29 is 0 Å². The molecule has 0 unspecified atom stereocenters. The van der Waals surface area contributed by atoms with Crippen LogP contribution < -0.4 is 0 Å². The van der Waals surface area contributed by atoms with Crippen molar-refractivity contribution >= 4 is 11.6 Å². The second kappa shape index (κ2) is 2.26. The lowest BCUT2D eigenvalue weighted by Gasteiger charge is -2.25. The van der Waals surface area contributed by atoms with Crippen LogP contribution in [0.15, 0.2) is 0 Å². The van der Waals surface area contributed by atoms with E-state index in [1.807, 2.05) is 0 Å². The monoisotopic (exact) mass is 131 g/mol. The molecule has 0 aromatic rings. The van der Waals surface area contributed by atoms with E-state index in [1.54, 1.807) is 0 Å². The highest BCUT2D eigenvalue weighted by Gasteiger charge is 2.22. The lowest BCUT2D eigenvalue weighted by atomic mass is 9.90. The molecule has 1 fully saturated rings. The van der Waals surface area contributed by atoms with Gasteiger partial charge in [0, 0.05) is 4.87 Å². The van der Waals surface area contributed by atoms with Crippen molar-refractivity contribution in [3.63, 3.8) is 0 Å². The predicted octanol–water partition coefficient (Wildman–Crippen LogP) is 2.76. The lowest BCUT2D eigenvalue weighted by Crippen LogP contribution is -2.19. The number of hydrogen-bond donors (Lipinski definition) is 0. The van der Waals surface area contributed by atoms with Crippen molar-refractivity contribution in [2.24, 2.45) is 0 Å². The van der Waals surface area contributed by atoms with Gasteiger partial charge in [0.15, 0.2) is 0 Å². The zero-order valence-electron chi connectivity index (χ0n) is 5.12. The predicted molar refractivity (Wildman–Crippen MR) is 37.0 cm³/mol. The molecular weight excluding hydrogens is 120 g/mol. The van der Waals surface area contributed by atoms with Gasteiger partial charge in [-0.3, -0.25) is 0 Å². The van der Waals surface area contributed by atoms with E-state index in [9.17, 15) is 0 Å². The highest BCUT2D eigenvalue weighted by molar-refractivity contribution is 6.24. The van der Waals surface area contributed by atoms with E-state index < -0.39 is 0 Å². The number of halogens is 1. The molecule has 1 aliphatic carbocycles. The Hall–Kier alpha value is 0.290. The molecule has 0 atom stereocenters. The Morgan fingerprint density at radius 3 is 1.88 bits per heavy atom. The SMILES string of the molecule is [CH2]C1(Cl)CCCCC1. The minimum absolute atomic E-state index is 0.0990. The fourth-order valence-corrected chi connectivity index (χ4v) is 1.45. The Kier molecular flexibility index (Phi) is 1.81. The van der Waals surface area contributed by atoms with E-state index in [0.717, 1.165) is 12.8 Å². The van der Waals surface area contributed by atoms with E-state index >= 15 is 0 Å². The highest BCUT2D eigenvalue weighted by Crippen LogP contribution is 2.32. The van der Waals surface area contributed by atoms with Crippen LogP contribution in [0.2, 0.25) is 0 Å². The zero-order chi connectivity index (χ0) is 6.04. The quantitative estimate of drug-likeness (QED) is 0.444. The molecule has 0 aromatic carbocycles. The van der Waals surface area contributed by atoms with E-state index in [1.165, 1.54) is 19.3 Å². The first-order valence-electron chi connectivity index (χ1n) is 3.25. The van der Waals surface area contributed by atoms with Gasteiger partial charge in [-0.1, -0.05) is 19.3 Å². The summed E-state index contributed by atoms with van der Waals surface area (Å²) in [6.45, 7) is 3.89. The summed E-state index contributed by atoms with van der Waals surface area (Å²) in [7, 11) is 0. The maximum absolute atomic E-state index is 5.96. The third-order valence-electron chi connectivity index (χ3n) is 1.75. The van der Waals surface area contributed by atoms with Crippen LogP contribution in [0.25, 0.3) is 0 Å². The minimum Gasteiger partial charge on any atom is -0.119 e. The van der Waals surface area contributed by atoms with Crippen LogP contribution >= 0.6 is 11.6 Å². The number of hydrogen-bond acceptors (Lipinski definition) is 0. The molecule has 47 valence electrons. The van der Waals surface area contributed by atoms with Gasteiger partial charge in [-0.2, -0.15) is 0 Å². The minimum atomic E-state index is -0.0990. The molecule has 1 heteroatoms. The van der Waals surface area contributed by atoms with Crippen molar-refractivity contribution in [2.45, 2.75) is 37.0 Å². The average Bonchev–Trinajstić information content (AvgIpc) is 1.65. The molecule has 0 N–H and O–H groups in total. The molecule has 0 aromatic heterocycles. The van der Waals surface area contributed by atoms with Gasteiger partial charge in [0.1, 0.15) is 0 Å². The molecule has 0 saturated heterocycles. The molecule has 0 bridgehead atoms. The van der Waals surface area contributed by atoms with Gasteiger partial charge in [0.2, 0.25) is 0 Å². The van der Waals surface area contributed by atoms with E-state index in [-0.39, 0.29) is 4.87 Å². The maximum Gasteiger partial charge on any atom is 0.0447 e. The van der Waals surface area contributed by atoms with Gasteiger partial charge in [0.25, 0.3) is 0 Å². The largest absolute Gasteiger partial charge is 0.119 e. The molecule has 0 amide bonds. The van der Waals surface area contributed by atoms with Crippen LogP contribution in [-0.4, -0.2) is 4.87 Å². The summed E-state index contributed by atoms with van der Waals surface area (Å²) < 4.78 is 0. The van der Waals surface area contributed by atoms with Crippen LogP contribution in [0.3, 0.4) is 0 Å². The summed E-state index contributed by atoms with van der Waals surface area (Å²) in [5.74, 6) is 0. The van der Waals surface area contributed by atoms with Crippen LogP contribution in [0, 0.1) is 6.92 Å². The van der Waals surface area contributed by atoms with E-state index in [0.29, 0.717) is 0 Å². The molecule has 0 heterocycles. The molecule has 1 saturated carbocycles. The van der Waals surface area contributed by atoms with Gasteiger partial charge < -0.3 is 0 Å². The van der Waals surface area contributed by atoms with Gasteiger partial charge in [0.05, 0.1) is 0 Å². The third-order valence-corrected chi connectivity index (χ3v) is 2.13. The first-order valence-corrected chi connectivity index (χ1v) is 3.63. The molecule has 8 heavy (non-hydrogen) atoms. The molecule has 0 aliphatic heterocycles. The maximum atomic E-state index is 5.96. The van der Waals surface area contributed by atoms with Crippen molar-refractivity contribution in [3.8, 4) is 0 Å². The van der Waals surface area contributed by atoms with Gasteiger partial charge in [-0.15, -0.1) is 11.6 Å². The van der Waals surface area contributed by atoms with Crippen molar-refractivity contribution in [1.29, 1.82) is 0 Å². The van der Waals surface area contributed by atoms with Gasteiger partial charge in [-0.25, -0.2) is 0 Å². The Morgan fingerprint density at radius 2 is 1.62 bits per heavy atom. The normalized spacial score (nSPS) is 27.8. The molecule has 1 radical (unpaired) electrons. The Bertz CT molecular complexity index is 68.5. The van der Waals surface area contributed by atoms with E-state index in [2.05, 4.69) is 6.92 Å². The molecule has 0 nitrogen and oxygen atoms in total. The van der Waals surface area contributed by atoms with Crippen LogP contribution in [0.4, 0.5) is 0 Å². The van der Waals surface area contributed by atoms with Gasteiger partial charge in [-0.05, 0) is 19.8 Å². The van der Waals surface area contributed by atoms with Crippen molar-refractivity contribution in [2.75, 3.05) is 0 Å². The van der Waals surface area contributed by atoms with Gasteiger partial charge >= 0.3 is 0 Å². The standard InChI is InChI=1S/C7H12Cl/c1-7(8)5-3-2-4-6-7/h1-6H2. The second-order valence-electron chi connectivity index (χ2n) is 2.71. The number of rotatable bonds is 0. The summed E-state index contributed by atoms with van der Waals surface area (Å²) in [6, 6.07) is 0. The van der Waals surface area contributed by atoms with Crippen LogP contribution in [0.1, 0.15) is 32.1 Å². The van der Waals surface area contributed by atoms with Crippen LogP contribution in [-0.2, 0) is 0 Å². The lowest BCUT2D eigenvalue weighted by molar-refractivity contribution is 0.443. The summed E-state index contributed by atoms with van der Waals surface area (Å²) in [5, 5.41) is 0. The topological polar surface area (TPSA) is 0 Å². The third kappa shape index (κ3) is 1.66. The Balaban J connectivity index is 2.33. The van der Waals surface area contributed by atoms with Crippen LogP contribution in [0.5, 0.6) is 0 Å². The smallest absolute Gasteiger partial charge is 0.0447 e. The van der Waals surface area contributed by atoms with Crippen molar-refractivity contribution in [1.82, 2.24) is 0 Å². The molecule has 1 aliphatic rings. The first kappa shape index (κ1) is 6.41. The molecule has 0 spiro atoms. The highest BCUT2D eigenvalue weighted by atomic mass is 35.5. The average molecular weight is 132 g/mol. The summed E-state index contributed by atoms with van der Waals surface area (Å²) >= 11 is 5.96. The van der Waals surface area contributed by atoms with E-state index in [4.69, 9.17) is 11.6 Å². The van der Waals surface area contributed by atoms with Crippen molar-refractivity contribution in [3.05, 3.63) is 6.92 Å². The Morgan fingerprint density at radius 1 is 1.12 bits per heavy atom. The fourth-order valence-electron chi connectivity index (χ4n) is 1.19. The summed E-state index contributed by atoms with van der Waals surface area (Å²) in [6.07, 6.45) is 6.10. The fraction of sp³-hybridized carbons (Fsp3) is 0.857.